The van der Waals surface area contributed by atoms with Crippen LogP contribution in [-0.2, 0) is 4.74 Å². The highest BCUT2D eigenvalue weighted by Gasteiger charge is 2.35. The molecule has 0 bridgehead atoms. The van der Waals surface area contributed by atoms with Crippen molar-refractivity contribution in [3.05, 3.63) is 0 Å². The third-order valence-corrected chi connectivity index (χ3v) is 4.21. The largest absolute Gasteiger partial charge is 0.396 e. The van der Waals surface area contributed by atoms with E-state index in [0.29, 0.717) is 30.7 Å². The molecule has 18 heavy (non-hydrogen) atoms. The zero-order chi connectivity index (χ0) is 13.2. The zero-order valence-corrected chi connectivity index (χ0v) is 12.1. The molecule has 2 saturated carbocycles. The molecule has 0 aromatic carbocycles. The van der Waals surface area contributed by atoms with E-state index < -0.39 is 0 Å². The fourth-order valence-corrected chi connectivity index (χ4v) is 3.25. The average Bonchev–Trinajstić information content (AvgIpc) is 2.25. The molecule has 2 aliphatic carbocycles. The monoisotopic (exact) mass is 255 g/mol. The topological polar surface area (TPSA) is 41.5 Å². The Balaban J connectivity index is 1.69. The van der Waals surface area contributed by atoms with Crippen LogP contribution in [0.15, 0.2) is 0 Å². The van der Waals surface area contributed by atoms with E-state index in [2.05, 4.69) is 26.1 Å². The second kappa shape index (κ2) is 5.89. The first-order valence-corrected chi connectivity index (χ1v) is 7.52. The molecule has 0 aromatic heterocycles. The molecule has 3 nitrogen and oxygen atoms in total. The maximum absolute atomic E-state index is 9.41. The number of aliphatic hydroxyl groups is 1. The van der Waals surface area contributed by atoms with Gasteiger partial charge in [-0.15, -0.1) is 0 Å². The van der Waals surface area contributed by atoms with Crippen LogP contribution >= 0.6 is 0 Å². The predicted molar refractivity (Wildman–Crippen MR) is 73.6 cm³/mol. The van der Waals surface area contributed by atoms with Crippen LogP contribution in [0.2, 0.25) is 0 Å². The van der Waals surface area contributed by atoms with E-state index in [0.717, 1.165) is 12.8 Å². The van der Waals surface area contributed by atoms with Gasteiger partial charge in [0.05, 0.1) is 11.7 Å². The minimum Gasteiger partial charge on any atom is -0.396 e. The van der Waals surface area contributed by atoms with Crippen molar-refractivity contribution in [3.8, 4) is 0 Å². The van der Waals surface area contributed by atoms with Gasteiger partial charge in [-0.2, -0.15) is 0 Å². The summed E-state index contributed by atoms with van der Waals surface area (Å²) >= 11 is 0. The van der Waals surface area contributed by atoms with Crippen molar-refractivity contribution in [3.63, 3.8) is 0 Å². The summed E-state index contributed by atoms with van der Waals surface area (Å²) < 4.78 is 5.96. The van der Waals surface area contributed by atoms with Crippen LogP contribution in [0.5, 0.6) is 0 Å². The summed E-state index contributed by atoms with van der Waals surface area (Å²) in [7, 11) is 0. The van der Waals surface area contributed by atoms with Gasteiger partial charge in [-0.1, -0.05) is 12.8 Å². The highest BCUT2D eigenvalue weighted by molar-refractivity contribution is 4.92. The van der Waals surface area contributed by atoms with Crippen molar-refractivity contribution in [1.82, 2.24) is 5.32 Å². The van der Waals surface area contributed by atoms with E-state index in [1.54, 1.807) is 0 Å². The molecule has 0 saturated heterocycles. The Morgan fingerprint density at radius 1 is 1.17 bits per heavy atom. The van der Waals surface area contributed by atoms with Crippen LogP contribution in [0.4, 0.5) is 0 Å². The van der Waals surface area contributed by atoms with Gasteiger partial charge in [-0.3, -0.25) is 0 Å². The predicted octanol–water partition coefficient (Wildman–Crippen LogP) is 2.47. The van der Waals surface area contributed by atoms with E-state index in [9.17, 15) is 5.11 Å². The Kier molecular flexibility index (Phi) is 4.68. The molecule has 0 spiro atoms. The number of hydrogen-bond donors (Lipinski definition) is 2. The van der Waals surface area contributed by atoms with Gasteiger partial charge in [0.15, 0.2) is 0 Å². The highest BCUT2D eigenvalue weighted by atomic mass is 16.5. The molecular weight excluding hydrogens is 226 g/mol. The van der Waals surface area contributed by atoms with Crippen LogP contribution in [-0.4, -0.2) is 35.5 Å². The quantitative estimate of drug-likeness (QED) is 0.811. The summed E-state index contributed by atoms with van der Waals surface area (Å²) in [5.74, 6) is 0.473. The third kappa shape index (κ3) is 3.94. The molecule has 106 valence electrons. The van der Waals surface area contributed by atoms with Crippen LogP contribution in [0.1, 0.15) is 59.3 Å². The number of aliphatic hydroxyl groups excluding tert-OH is 1. The van der Waals surface area contributed by atoms with E-state index in [1.807, 2.05) is 0 Å². The van der Waals surface area contributed by atoms with Gasteiger partial charge in [0.2, 0.25) is 0 Å². The molecular formula is C15H29NO2. The second-order valence-corrected chi connectivity index (χ2v) is 7.02. The Bertz CT molecular complexity index is 256. The summed E-state index contributed by atoms with van der Waals surface area (Å²) in [6.07, 6.45) is 7.69. The first kappa shape index (κ1) is 14.3. The van der Waals surface area contributed by atoms with Gasteiger partial charge in [-0.05, 0) is 52.4 Å². The Morgan fingerprint density at radius 3 is 2.44 bits per heavy atom. The molecule has 0 heterocycles. The summed E-state index contributed by atoms with van der Waals surface area (Å²) in [4.78, 5) is 0. The minimum absolute atomic E-state index is 0.0197. The molecule has 2 atom stereocenters. The summed E-state index contributed by atoms with van der Waals surface area (Å²) in [5, 5.41) is 13.1. The fourth-order valence-electron chi connectivity index (χ4n) is 3.25. The molecule has 0 aliphatic heterocycles. The smallest absolute Gasteiger partial charge is 0.0612 e. The van der Waals surface area contributed by atoms with Gasteiger partial charge >= 0.3 is 0 Å². The van der Waals surface area contributed by atoms with E-state index in [1.165, 1.54) is 25.7 Å². The lowest BCUT2D eigenvalue weighted by Crippen LogP contribution is -2.53. The molecule has 0 amide bonds. The minimum atomic E-state index is -0.0197. The van der Waals surface area contributed by atoms with Gasteiger partial charge in [0.1, 0.15) is 0 Å². The fraction of sp³-hybridized carbons (Fsp3) is 1.00. The van der Waals surface area contributed by atoms with Crippen LogP contribution in [0.3, 0.4) is 0 Å². The van der Waals surface area contributed by atoms with Crippen LogP contribution in [0.25, 0.3) is 0 Å². The summed E-state index contributed by atoms with van der Waals surface area (Å²) in [6, 6.07) is 1.14. The maximum Gasteiger partial charge on any atom is 0.0612 e. The standard InChI is InChI=1S/C15H29NO2/c1-15(2,3)18-13-8-12(9-13)16-14-7-5-4-6-11(14)10-17/h11-14,16-17H,4-10H2,1-3H3. The lowest BCUT2D eigenvalue weighted by atomic mass is 9.81. The average molecular weight is 255 g/mol. The molecule has 2 fully saturated rings. The highest BCUT2D eigenvalue weighted by Crippen LogP contribution is 2.31. The van der Waals surface area contributed by atoms with Crippen molar-refractivity contribution >= 4 is 0 Å². The summed E-state index contributed by atoms with van der Waals surface area (Å²) in [5.41, 5.74) is -0.0197. The van der Waals surface area contributed by atoms with Gasteiger partial charge in [0, 0.05) is 18.7 Å². The lowest BCUT2D eigenvalue weighted by molar-refractivity contribution is -0.104. The SMILES string of the molecule is CC(C)(C)OC1CC(NC2CCCCC2CO)C1. The molecule has 0 radical (unpaired) electrons. The third-order valence-electron chi connectivity index (χ3n) is 4.21. The van der Waals surface area contributed by atoms with E-state index >= 15 is 0 Å². The lowest BCUT2D eigenvalue weighted by Gasteiger charge is -2.43. The number of rotatable bonds is 4. The number of ether oxygens (including phenoxy) is 1. The maximum atomic E-state index is 9.41. The first-order valence-electron chi connectivity index (χ1n) is 7.52. The molecule has 2 N–H and O–H groups in total. The van der Waals surface area contributed by atoms with Gasteiger partial charge < -0.3 is 15.2 Å². The molecule has 3 heteroatoms. The summed E-state index contributed by atoms with van der Waals surface area (Å²) in [6.45, 7) is 6.70. The van der Waals surface area contributed by atoms with Crippen molar-refractivity contribution < 1.29 is 9.84 Å². The van der Waals surface area contributed by atoms with E-state index in [4.69, 9.17) is 4.74 Å². The van der Waals surface area contributed by atoms with Crippen molar-refractivity contribution in [2.24, 2.45) is 5.92 Å². The molecule has 0 aromatic rings. The van der Waals surface area contributed by atoms with Crippen molar-refractivity contribution in [2.45, 2.75) is 83.1 Å². The van der Waals surface area contributed by atoms with Crippen molar-refractivity contribution in [1.29, 1.82) is 0 Å². The molecule has 2 aliphatic rings. The number of hydrogen-bond acceptors (Lipinski definition) is 3. The van der Waals surface area contributed by atoms with Gasteiger partial charge in [0.25, 0.3) is 0 Å². The van der Waals surface area contributed by atoms with Crippen LogP contribution < -0.4 is 5.32 Å². The Labute approximate surface area is 111 Å². The van der Waals surface area contributed by atoms with Crippen molar-refractivity contribution in [2.75, 3.05) is 6.61 Å². The molecule has 2 unspecified atom stereocenters. The number of nitrogens with one attached hydrogen (secondary N) is 1. The van der Waals surface area contributed by atoms with Crippen LogP contribution in [0, 0.1) is 5.92 Å². The molecule has 2 rings (SSSR count). The zero-order valence-electron chi connectivity index (χ0n) is 12.1. The van der Waals surface area contributed by atoms with Gasteiger partial charge in [-0.25, -0.2) is 0 Å². The normalized spacial score (nSPS) is 37.3. The Morgan fingerprint density at radius 2 is 1.83 bits per heavy atom. The first-order chi connectivity index (χ1) is 8.48. The van der Waals surface area contributed by atoms with E-state index in [-0.39, 0.29) is 5.60 Å². The second-order valence-electron chi connectivity index (χ2n) is 7.02. The Hall–Kier alpha value is -0.120.